The van der Waals surface area contributed by atoms with Gasteiger partial charge in [0.15, 0.2) is 11.5 Å². The average molecular weight is 479 g/mol. The quantitative estimate of drug-likeness (QED) is 0.340. The lowest BCUT2D eigenvalue weighted by molar-refractivity contribution is 0.0879. The molecule has 0 saturated carbocycles. The summed E-state index contributed by atoms with van der Waals surface area (Å²) in [4.78, 5) is 24.0. The molecule has 190 valence electrons. The van der Waals surface area contributed by atoms with Gasteiger partial charge < -0.3 is 29.3 Å². The predicted molar refractivity (Wildman–Crippen MR) is 128 cm³/mol. The van der Waals surface area contributed by atoms with E-state index < -0.39 is 34.6 Å². The Bertz CT molecular complexity index is 950. The molecule has 4 N–H and O–H groups in total. The Balaban J connectivity index is 1.75. The standard InChI is InChI=1S/C26H38O8/c1-25(2,11-17-13-33-15-21(29)23(17)31)9-7-19(27)5-6-20(28)8-10-26(3,4)12-18-14-34-16-22(30)24(18)32/h13-16,19-20,27-30H,5-12H2,1-4H3. The van der Waals surface area contributed by atoms with Gasteiger partial charge in [-0.2, -0.15) is 0 Å². The smallest absolute Gasteiger partial charge is 0.229 e. The van der Waals surface area contributed by atoms with Gasteiger partial charge in [-0.25, -0.2) is 0 Å². The zero-order valence-corrected chi connectivity index (χ0v) is 20.5. The molecule has 0 saturated heterocycles. The molecule has 0 bridgehead atoms. The van der Waals surface area contributed by atoms with Crippen molar-refractivity contribution in [1.82, 2.24) is 0 Å². The maximum Gasteiger partial charge on any atom is 0.229 e. The first-order chi connectivity index (χ1) is 15.8. The van der Waals surface area contributed by atoms with E-state index in [-0.39, 0.29) is 10.8 Å². The molecule has 8 heteroatoms. The minimum Gasteiger partial charge on any atom is -0.502 e. The molecular formula is C26H38O8. The number of rotatable bonds is 13. The number of aliphatic hydroxyl groups is 2. The summed E-state index contributed by atoms with van der Waals surface area (Å²) in [7, 11) is 0. The highest BCUT2D eigenvalue weighted by molar-refractivity contribution is 5.22. The van der Waals surface area contributed by atoms with Crippen molar-refractivity contribution in [3.8, 4) is 11.5 Å². The van der Waals surface area contributed by atoms with Gasteiger partial charge in [-0.3, -0.25) is 9.59 Å². The second kappa shape index (κ2) is 11.7. The van der Waals surface area contributed by atoms with E-state index in [1.165, 1.54) is 12.5 Å². The van der Waals surface area contributed by atoms with Gasteiger partial charge in [-0.1, -0.05) is 27.7 Å². The van der Waals surface area contributed by atoms with Crippen LogP contribution in [0.15, 0.2) is 43.5 Å². The number of hydrogen-bond donors (Lipinski definition) is 4. The van der Waals surface area contributed by atoms with Crippen LogP contribution >= 0.6 is 0 Å². The summed E-state index contributed by atoms with van der Waals surface area (Å²) in [5.74, 6) is -0.813. The number of aromatic hydroxyl groups is 2. The second-order valence-electron chi connectivity index (χ2n) is 10.9. The molecule has 0 aromatic carbocycles. The van der Waals surface area contributed by atoms with Crippen LogP contribution in [0.25, 0.3) is 0 Å². The fourth-order valence-corrected chi connectivity index (χ4v) is 4.14. The molecule has 0 aliphatic heterocycles. The van der Waals surface area contributed by atoms with Crippen molar-refractivity contribution >= 4 is 0 Å². The molecule has 2 unspecified atom stereocenters. The van der Waals surface area contributed by atoms with E-state index in [1.807, 2.05) is 27.7 Å². The maximum absolute atomic E-state index is 12.0. The highest BCUT2D eigenvalue weighted by Gasteiger charge is 2.25. The van der Waals surface area contributed by atoms with Gasteiger partial charge in [0.2, 0.25) is 10.9 Å². The highest BCUT2D eigenvalue weighted by atomic mass is 16.3. The van der Waals surface area contributed by atoms with Crippen molar-refractivity contribution in [2.75, 3.05) is 0 Å². The van der Waals surface area contributed by atoms with Crippen LogP contribution in [0.2, 0.25) is 0 Å². The molecule has 0 aliphatic carbocycles. The topological polar surface area (TPSA) is 141 Å². The van der Waals surface area contributed by atoms with E-state index in [9.17, 15) is 30.0 Å². The predicted octanol–water partition coefficient (Wildman–Crippen LogP) is 3.90. The van der Waals surface area contributed by atoms with E-state index in [1.54, 1.807) is 0 Å². The minimum absolute atomic E-state index is 0.273. The lowest BCUT2D eigenvalue weighted by atomic mass is 9.80. The van der Waals surface area contributed by atoms with Crippen molar-refractivity contribution < 1.29 is 29.3 Å². The Morgan fingerprint density at radius 2 is 1.03 bits per heavy atom. The van der Waals surface area contributed by atoms with E-state index in [0.29, 0.717) is 62.5 Å². The Morgan fingerprint density at radius 3 is 1.38 bits per heavy atom. The zero-order valence-electron chi connectivity index (χ0n) is 20.5. The van der Waals surface area contributed by atoms with Crippen molar-refractivity contribution in [1.29, 1.82) is 0 Å². The molecule has 34 heavy (non-hydrogen) atoms. The molecule has 2 aromatic rings. The van der Waals surface area contributed by atoms with Crippen LogP contribution in [0.4, 0.5) is 0 Å². The maximum atomic E-state index is 12.0. The summed E-state index contributed by atoms with van der Waals surface area (Å²) in [6.45, 7) is 7.97. The molecule has 0 amide bonds. The Kier molecular flexibility index (Phi) is 9.53. The fourth-order valence-electron chi connectivity index (χ4n) is 4.14. The van der Waals surface area contributed by atoms with Crippen molar-refractivity contribution in [2.45, 2.75) is 91.3 Å². The lowest BCUT2D eigenvalue weighted by Gasteiger charge is -2.27. The fraction of sp³-hybridized carbons (Fsp3) is 0.615. The molecular weight excluding hydrogens is 440 g/mol. The first-order valence-corrected chi connectivity index (χ1v) is 11.7. The first kappa shape index (κ1) is 27.7. The van der Waals surface area contributed by atoms with Crippen LogP contribution in [0, 0.1) is 10.8 Å². The summed E-state index contributed by atoms with van der Waals surface area (Å²) in [5.41, 5.74) is -0.608. The SMILES string of the molecule is CC(C)(CCC(O)CCC(O)CCC(C)(C)Cc1cocc(O)c1=O)Cc1cocc(O)c1=O. The zero-order chi connectivity index (χ0) is 25.5. The molecule has 2 heterocycles. The van der Waals surface area contributed by atoms with E-state index in [0.717, 1.165) is 12.5 Å². The van der Waals surface area contributed by atoms with Crippen molar-refractivity contribution in [2.24, 2.45) is 10.8 Å². The van der Waals surface area contributed by atoms with Gasteiger partial charge in [-0.05, 0) is 62.2 Å². The third kappa shape index (κ3) is 8.65. The Morgan fingerprint density at radius 1 is 0.676 bits per heavy atom. The van der Waals surface area contributed by atoms with Crippen molar-refractivity contribution in [3.05, 3.63) is 56.6 Å². The van der Waals surface area contributed by atoms with Gasteiger partial charge in [0.1, 0.15) is 12.5 Å². The Hall–Kier alpha value is -2.58. The second-order valence-corrected chi connectivity index (χ2v) is 10.9. The molecule has 0 aliphatic rings. The van der Waals surface area contributed by atoms with Crippen LogP contribution in [0.5, 0.6) is 11.5 Å². The molecule has 2 aromatic heterocycles. The third-order valence-electron chi connectivity index (χ3n) is 6.31. The molecule has 0 spiro atoms. The average Bonchev–Trinajstić information content (AvgIpc) is 2.76. The molecule has 0 fully saturated rings. The van der Waals surface area contributed by atoms with E-state index in [4.69, 9.17) is 8.83 Å². The molecule has 2 atom stereocenters. The number of aliphatic hydroxyl groups excluding tert-OH is 2. The summed E-state index contributed by atoms with van der Waals surface area (Å²) in [5, 5.41) is 39.9. The Labute approximate surface area is 199 Å². The normalized spacial score (nSPS) is 14.2. The first-order valence-electron chi connectivity index (χ1n) is 11.7. The summed E-state index contributed by atoms with van der Waals surface area (Å²) < 4.78 is 9.98. The monoisotopic (exact) mass is 478 g/mol. The van der Waals surface area contributed by atoms with E-state index in [2.05, 4.69) is 0 Å². The van der Waals surface area contributed by atoms with Crippen LogP contribution in [-0.4, -0.2) is 32.6 Å². The van der Waals surface area contributed by atoms with Crippen LogP contribution in [0.3, 0.4) is 0 Å². The number of hydrogen-bond acceptors (Lipinski definition) is 8. The van der Waals surface area contributed by atoms with Crippen LogP contribution in [-0.2, 0) is 12.8 Å². The highest BCUT2D eigenvalue weighted by Crippen LogP contribution is 2.30. The van der Waals surface area contributed by atoms with Gasteiger partial charge in [0.05, 0.1) is 24.7 Å². The molecule has 2 rings (SSSR count). The van der Waals surface area contributed by atoms with Crippen LogP contribution < -0.4 is 10.9 Å². The van der Waals surface area contributed by atoms with Gasteiger partial charge in [0.25, 0.3) is 0 Å². The molecule has 8 nitrogen and oxygen atoms in total. The van der Waals surface area contributed by atoms with E-state index >= 15 is 0 Å². The summed E-state index contributed by atoms with van der Waals surface area (Å²) in [6.07, 6.45) is 7.75. The van der Waals surface area contributed by atoms with Crippen LogP contribution in [0.1, 0.15) is 77.3 Å². The lowest BCUT2D eigenvalue weighted by Crippen LogP contribution is -2.23. The van der Waals surface area contributed by atoms with Gasteiger partial charge in [0, 0.05) is 11.1 Å². The van der Waals surface area contributed by atoms with Crippen molar-refractivity contribution in [3.63, 3.8) is 0 Å². The minimum atomic E-state index is -0.570. The third-order valence-corrected chi connectivity index (χ3v) is 6.31. The molecule has 0 radical (unpaired) electrons. The van der Waals surface area contributed by atoms with Gasteiger partial charge in [-0.15, -0.1) is 0 Å². The summed E-state index contributed by atoms with van der Waals surface area (Å²) in [6, 6.07) is 0. The van der Waals surface area contributed by atoms with Gasteiger partial charge >= 0.3 is 0 Å². The largest absolute Gasteiger partial charge is 0.502 e. The summed E-state index contributed by atoms with van der Waals surface area (Å²) >= 11 is 0.